The van der Waals surface area contributed by atoms with Crippen molar-refractivity contribution in [3.63, 3.8) is 0 Å². The number of carbonyl (C=O) groups excluding carboxylic acids is 2. The number of carbonyl (C=O) groups is 2. The van der Waals surface area contributed by atoms with Crippen molar-refractivity contribution in [1.82, 2.24) is 5.32 Å². The molecule has 1 heterocycles. The van der Waals surface area contributed by atoms with Crippen molar-refractivity contribution in [2.45, 2.75) is 19.4 Å². The first kappa shape index (κ1) is 16.0. The van der Waals surface area contributed by atoms with Gasteiger partial charge in [-0.15, -0.1) is 0 Å². The Kier molecular flexibility index (Phi) is 4.74. The van der Waals surface area contributed by atoms with E-state index in [2.05, 4.69) is 10.6 Å². The molecular formula is C18H18FN3O2. The highest BCUT2D eigenvalue weighted by Crippen LogP contribution is 2.21. The van der Waals surface area contributed by atoms with E-state index in [0.717, 1.165) is 24.2 Å². The number of urea groups is 1. The van der Waals surface area contributed by atoms with Gasteiger partial charge in [-0.1, -0.05) is 18.2 Å². The zero-order chi connectivity index (χ0) is 16.9. The molecule has 0 atom stereocenters. The van der Waals surface area contributed by atoms with Crippen LogP contribution in [0.2, 0.25) is 0 Å². The van der Waals surface area contributed by atoms with E-state index in [-0.39, 0.29) is 5.91 Å². The number of hydrogen-bond acceptors (Lipinski definition) is 2. The minimum Gasteiger partial charge on any atom is -0.334 e. The molecule has 5 nitrogen and oxygen atoms in total. The third-order valence-corrected chi connectivity index (χ3v) is 3.86. The minimum atomic E-state index is -0.403. The number of amides is 3. The maximum absolute atomic E-state index is 13.1. The summed E-state index contributed by atoms with van der Waals surface area (Å²) < 4.78 is 13.1. The van der Waals surface area contributed by atoms with Crippen LogP contribution in [0.1, 0.15) is 18.4 Å². The molecule has 0 aliphatic carbocycles. The Morgan fingerprint density at radius 3 is 2.62 bits per heavy atom. The Hall–Kier alpha value is -2.89. The summed E-state index contributed by atoms with van der Waals surface area (Å²) in [6, 6.07) is 12.8. The molecule has 1 aliphatic heterocycles. The van der Waals surface area contributed by atoms with Crippen molar-refractivity contribution in [2.24, 2.45) is 0 Å². The van der Waals surface area contributed by atoms with Crippen molar-refractivity contribution in [1.29, 1.82) is 0 Å². The molecule has 2 aromatic rings. The topological polar surface area (TPSA) is 61.4 Å². The van der Waals surface area contributed by atoms with E-state index in [9.17, 15) is 14.0 Å². The zero-order valence-corrected chi connectivity index (χ0v) is 13.1. The number of rotatable bonds is 4. The second-order valence-corrected chi connectivity index (χ2v) is 5.63. The molecule has 0 aromatic heterocycles. The lowest BCUT2D eigenvalue weighted by Crippen LogP contribution is -2.28. The van der Waals surface area contributed by atoms with Crippen molar-refractivity contribution in [3.8, 4) is 0 Å². The van der Waals surface area contributed by atoms with Crippen molar-refractivity contribution in [2.75, 3.05) is 16.8 Å². The lowest BCUT2D eigenvalue weighted by atomic mass is 10.2. The van der Waals surface area contributed by atoms with E-state index in [1.807, 2.05) is 24.3 Å². The van der Waals surface area contributed by atoms with Gasteiger partial charge in [-0.25, -0.2) is 9.18 Å². The maximum atomic E-state index is 13.1. The second kappa shape index (κ2) is 7.12. The van der Waals surface area contributed by atoms with Crippen LogP contribution in [-0.2, 0) is 11.3 Å². The summed E-state index contributed by atoms with van der Waals surface area (Å²) in [5, 5.41) is 5.28. The Morgan fingerprint density at radius 2 is 1.96 bits per heavy atom. The first-order valence-corrected chi connectivity index (χ1v) is 7.81. The molecule has 24 heavy (non-hydrogen) atoms. The van der Waals surface area contributed by atoms with Crippen LogP contribution in [0.5, 0.6) is 0 Å². The average molecular weight is 327 g/mol. The first-order valence-electron chi connectivity index (χ1n) is 7.81. The highest BCUT2D eigenvalue weighted by atomic mass is 19.1. The van der Waals surface area contributed by atoms with Gasteiger partial charge < -0.3 is 15.5 Å². The zero-order valence-electron chi connectivity index (χ0n) is 13.1. The number of nitrogens with one attached hydrogen (secondary N) is 2. The molecule has 0 radical (unpaired) electrons. The largest absolute Gasteiger partial charge is 0.334 e. The van der Waals surface area contributed by atoms with Crippen LogP contribution in [0.15, 0.2) is 48.5 Å². The van der Waals surface area contributed by atoms with Gasteiger partial charge >= 0.3 is 6.03 Å². The van der Waals surface area contributed by atoms with Gasteiger partial charge in [0.25, 0.3) is 0 Å². The fraction of sp³-hybridized carbons (Fsp3) is 0.222. The standard InChI is InChI=1S/C18H18FN3O2/c19-14-3-1-4-15(11-14)21-18(24)20-12-13-6-8-16(9-7-13)22-10-2-5-17(22)23/h1,3-4,6-9,11H,2,5,10,12H2,(H2,20,21,24). The molecule has 1 fully saturated rings. The number of benzene rings is 2. The van der Waals surface area contributed by atoms with Gasteiger partial charge in [-0.3, -0.25) is 4.79 Å². The third-order valence-electron chi connectivity index (χ3n) is 3.86. The van der Waals surface area contributed by atoms with Gasteiger partial charge in [0.1, 0.15) is 5.82 Å². The van der Waals surface area contributed by atoms with E-state index in [4.69, 9.17) is 0 Å². The smallest absolute Gasteiger partial charge is 0.319 e. The summed E-state index contributed by atoms with van der Waals surface area (Å²) in [6.45, 7) is 1.10. The molecule has 2 aromatic carbocycles. The minimum absolute atomic E-state index is 0.148. The highest BCUT2D eigenvalue weighted by Gasteiger charge is 2.21. The molecule has 124 valence electrons. The SMILES string of the molecule is O=C(NCc1ccc(N2CCCC2=O)cc1)Nc1cccc(F)c1. The Balaban J connectivity index is 1.53. The fourth-order valence-electron chi connectivity index (χ4n) is 2.64. The molecule has 3 rings (SSSR count). The van der Waals surface area contributed by atoms with Gasteiger partial charge in [0, 0.05) is 30.9 Å². The fourth-order valence-corrected chi connectivity index (χ4v) is 2.64. The molecule has 0 unspecified atom stereocenters. The predicted molar refractivity (Wildman–Crippen MR) is 90.3 cm³/mol. The number of hydrogen-bond donors (Lipinski definition) is 2. The molecular weight excluding hydrogens is 309 g/mol. The van der Waals surface area contributed by atoms with Gasteiger partial charge in [-0.05, 0) is 42.3 Å². The lowest BCUT2D eigenvalue weighted by Gasteiger charge is -2.16. The molecule has 0 bridgehead atoms. The molecule has 0 saturated carbocycles. The van der Waals surface area contributed by atoms with Crippen LogP contribution in [0.3, 0.4) is 0 Å². The molecule has 1 aliphatic rings. The number of nitrogens with zero attached hydrogens (tertiary/aromatic N) is 1. The predicted octanol–water partition coefficient (Wildman–Crippen LogP) is 3.27. The summed E-state index contributed by atoms with van der Waals surface area (Å²) >= 11 is 0. The van der Waals surface area contributed by atoms with Crippen molar-refractivity contribution in [3.05, 3.63) is 59.9 Å². The van der Waals surface area contributed by atoms with E-state index >= 15 is 0 Å². The molecule has 1 saturated heterocycles. The van der Waals surface area contributed by atoms with Gasteiger partial charge in [0.05, 0.1) is 0 Å². The maximum Gasteiger partial charge on any atom is 0.319 e. The van der Waals surface area contributed by atoms with Gasteiger partial charge in [0.2, 0.25) is 5.91 Å². The molecule has 3 amide bonds. The monoisotopic (exact) mass is 327 g/mol. The van der Waals surface area contributed by atoms with Crippen LogP contribution in [0.25, 0.3) is 0 Å². The number of halogens is 1. The Labute approximate surface area is 139 Å². The lowest BCUT2D eigenvalue weighted by molar-refractivity contribution is -0.117. The van der Waals surface area contributed by atoms with E-state index in [1.165, 1.54) is 18.2 Å². The summed E-state index contributed by atoms with van der Waals surface area (Å²) in [4.78, 5) is 25.3. The number of anilines is 2. The van der Waals surface area contributed by atoms with Crippen LogP contribution in [-0.4, -0.2) is 18.5 Å². The van der Waals surface area contributed by atoms with Crippen LogP contribution >= 0.6 is 0 Å². The third kappa shape index (κ3) is 3.90. The Bertz CT molecular complexity index is 746. The molecule has 6 heteroatoms. The summed E-state index contributed by atoms with van der Waals surface area (Å²) in [5.74, 6) is -0.254. The van der Waals surface area contributed by atoms with Crippen LogP contribution in [0.4, 0.5) is 20.6 Å². The average Bonchev–Trinajstić information content (AvgIpc) is 2.99. The summed E-state index contributed by atoms with van der Waals surface area (Å²) in [5.41, 5.74) is 2.20. The normalized spacial score (nSPS) is 13.9. The highest BCUT2D eigenvalue weighted by molar-refractivity contribution is 5.95. The van der Waals surface area contributed by atoms with Crippen LogP contribution in [0, 0.1) is 5.82 Å². The van der Waals surface area contributed by atoms with E-state index in [0.29, 0.717) is 18.7 Å². The summed E-state index contributed by atoms with van der Waals surface area (Å²) in [7, 11) is 0. The first-order chi connectivity index (χ1) is 11.6. The quantitative estimate of drug-likeness (QED) is 0.905. The molecule has 2 N–H and O–H groups in total. The van der Waals surface area contributed by atoms with E-state index < -0.39 is 11.8 Å². The van der Waals surface area contributed by atoms with Crippen LogP contribution < -0.4 is 15.5 Å². The second-order valence-electron chi connectivity index (χ2n) is 5.63. The van der Waals surface area contributed by atoms with Crippen molar-refractivity contribution < 1.29 is 14.0 Å². The van der Waals surface area contributed by atoms with Gasteiger partial charge in [-0.2, -0.15) is 0 Å². The summed E-state index contributed by atoms with van der Waals surface area (Å²) in [6.07, 6.45) is 1.49. The Morgan fingerprint density at radius 1 is 1.17 bits per heavy atom. The van der Waals surface area contributed by atoms with Crippen molar-refractivity contribution >= 4 is 23.3 Å². The van der Waals surface area contributed by atoms with Gasteiger partial charge in [0.15, 0.2) is 0 Å². The molecule has 0 spiro atoms. The van der Waals surface area contributed by atoms with E-state index in [1.54, 1.807) is 11.0 Å².